The Morgan fingerprint density at radius 3 is 2.95 bits per heavy atom. The molecule has 1 fully saturated rings. The lowest BCUT2D eigenvalue weighted by molar-refractivity contribution is 0.0715. The van der Waals surface area contributed by atoms with Gasteiger partial charge in [0.2, 0.25) is 6.79 Å². The van der Waals surface area contributed by atoms with E-state index in [4.69, 9.17) is 9.47 Å². The summed E-state index contributed by atoms with van der Waals surface area (Å²) in [6.07, 6.45) is 2.07. The maximum Gasteiger partial charge on any atom is 0.254 e. The van der Waals surface area contributed by atoms with Crippen LogP contribution in [0.4, 0.5) is 0 Å². The molecule has 3 aliphatic heterocycles. The summed E-state index contributed by atoms with van der Waals surface area (Å²) in [5.74, 6) is 2.19. The van der Waals surface area contributed by atoms with E-state index in [1.807, 2.05) is 17.0 Å². The number of hydrogen-bond donors (Lipinski definition) is 1. The van der Waals surface area contributed by atoms with Crippen LogP contribution in [0.25, 0.3) is 0 Å². The van der Waals surface area contributed by atoms with Gasteiger partial charge in [0.1, 0.15) is 0 Å². The van der Waals surface area contributed by atoms with Gasteiger partial charge in [0.25, 0.3) is 5.91 Å². The molecule has 0 spiro atoms. The van der Waals surface area contributed by atoms with Gasteiger partial charge in [-0.25, -0.2) is 0 Å². The molecule has 1 atom stereocenters. The van der Waals surface area contributed by atoms with Gasteiger partial charge in [0.05, 0.1) is 0 Å². The van der Waals surface area contributed by atoms with Crippen molar-refractivity contribution in [1.82, 2.24) is 10.2 Å². The van der Waals surface area contributed by atoms with Crippen molar-refractivity contribution in [3.8, 4) is 11.5 Å². The largest absolute Gasteiger partial charge is 0.454 e. The number of nitrogens with one attached hydrogen (secondary N) is 1. The molecule has 0 aliphatic carbocycles. The van der Waals surface area contributed by atoms with Gasteiger partial charge >= 0.3 is 0 Å². The van der Waals surface area contributed by atoms with Crippen molar-refractivity contribution in [1.29, 1.82) is 0 Å². The lowest BCUT2D eigenvalue weighted by Crippen LogP contribution is -2.41. The van der Waals surface area contributed by atoms with Crippen LogP contribution in [0, 0.1) is 5.92 Å². The number of benzene rings is 1. The van der Waals surface area contributed by atoms with E-state index in [1.54, 1.807) is 0 Å². The van der Waals surface area contributed by atoms with E-state index in [0.717, 1.165) is 55.9 Å². The van der Waals surface area contributed by atoms with E-state index >= 15 is 0 Å². The molecular formula is C15H18N2O3. The zero-order chi connectivity index (χ0) is 13.5. The number of fused-ring (bicyclic) bond motifs is 2. The molecule has 0 bridgehead atoms. The van der Waals surface area contributed by atoms with Crippen molar-refractivity contribution in [2.24, 2.45) is 5.92 Å². The van der Waals surface area contributed by atoms with Crippen LogP contribution in [-0.4, -0.2) is 43.8 Å². The van der Waals surface area contributed by atoms with Gasteiger partial charge in [-0.3, -0.25) is 4.79 Å². The Balaban J connectivity index is 1.58. The molecule has 1 aromatic carbocycles. The van der Waals surface area contributed by atoms with Gasteiger partial charge in [-0.1, -0.05) is 0 Å². The molecule has 20 heavy (non-hydrogen) atoms. The molecule has 4 rings (SSSR count). The average Bonchev–Trinajstić information content (AvgIpc) is 3.11. The Labute approximate surface area is 117 Å². The van der Waals surface area contributed by atoms with Crippen LogP contribution >= 0.6 is 0 Å². The zero-order valence-electron chi connectivity index (χ0n) is 11.4. The highest BCUT2D eigenvalue weighted by molar-refractivity contribution is 5.97. The number of nitrogens with zero attached hydrogens (tertiary/aromatic N) is 1. The first kappa shape index (κ1) is 12.0. The molecule has 1 N–H and O–H groups in total. The first-order valence-electron chi connectivity index (χ1n) is 7.24. The van der Waals surface area contributed by atoms with Crippen LogP contribution < -0.4 is 14.8 Å². The number of rotatable bonds is 2. The summed E-state index contributed by atoms with van der Waals surface area (Å²) in [5, 5.41) is 3.36. The topological polar surface area (TPSA) is 50.8 Å². The molecule has 0 saturated carbocycles. The Bertz CT molecular complexity index is 552. The van der Waals surface area contributed by atoms with Crippen molar-refractivity contribution < 1.29 is 14.3 Å². The zero-order valence-corrected chi connectivity index (χ0v) is 11.4. The molecule has 5 nitrogen and oxygen atoms in total. The van der Waals surface area contributed by atoms with Gasteiger partial charge in [0, 0.05) is 18.7 Å². The Morgan fingerprint density at radius 1 is 1.30 bits per heavy atom. The minimum Gasteiger partial charge on any atom is -0.454 e. The van der Waals surface area contributed by atoms with Crippen LogP contribution in [0.3, 0.4) is 0 Å². The van der Waals surface area contributed by atoms with E-state index in [1.165, 1.54) is 0 Å². The van der Waals surface area contributed by atoms with Crippen LogP contribution in [0.1, 0.15) is 22.3 Å². The second-order valence-electron chi connectivity index (χ2n) is 5.72. The van der Waals surface area contributed by atoms with E-state index in [0.29, 0.717) is 11.7 Å². The van der Waals surface area contributed by atoms with Crippen molar-refractivity contribution in [2.75, 3.05) is 33.0 Å². The van der Waals surface area contributed by atoms with Gasteiger partial charge in [0.15, 0.2) is 11.5 Å². The number of carbonyl (C=O) groups excluding carboxylic acids is 1. The molecular weight excluding hydrogens is 256 g/mol. The van der Waals surface area contributed by atoms with Crippen LogP contribution in [0.15, 0.2) is 12.1 Å². The number of hydrogen-bond acceptors (Lipinski definition) is 4. The molecule has 3 heterocycles. The summed E-state index contributed by atoms with van der Waals surface area (Å²) in [7, 11) is 0. The van der Waals surface area contributed by atoms with E-state index in [2.05, 4.69) is 5.32 Å². The highest BCUT2D eigenvalue weighted by atomic mass is 16.7. The minimum absolute atomic E-state index is 0.136. The smallest absolute Gasteiger partial charge is 0.254 e. The highest BCUT2D eigenvalue weighted by Gasteiger charge is 2.30. The highest BCUT2D eigenvalue weighted by Crippen LogP contribution is 2.36. The summed E-state index contributed by atoms with van der Waals surface area (Å²) in [6.45, 7) is 4.02. The fourth-order valence-corrected chi connectivity index (χ4v) is 3.27. The lowest BCUT2D eigenvalue weighted by atomic mass is 9.97. The molecule has 106 valence electrons. The third kappa shape index (κ3) is 1.93. The van der Waals surface area contributed by atoms with Crippen molar-refractivity contribution >= 4 is 5.91 Å². The normalized spacial score (nSPS) is 24.1. The number of ether oxygens (including phenoxy) is 2. The van der Waals surface area contributed by atoms with E-state index in [-0.39, 0.29) is 12.7 Å². The number of amides is 1. The van der Waals surface area contributed by atoms with E-state index < -0.39 is 0 Å². The Hall–Kier alpha value is -1.75. The summed E-state index contributed by atoms with van der Waals surface area (Å²) < 4.78 is 10.8. The van der Waals surface area contributed by atoms with Gasteiger partial charge in [-0.2, -0.15) is 0 Å². The molecule has 5 heteroatoms. The molecule has 0 radical (unpaired) electrons. The molecule has 1 unspecified atom stereocenters. The first-order valence-corrected chi connectivity index (χ1v) is 7.24. The lowest BCUT2D eigenvalue weighted by Gasteiger charge is -2.30. The molecule has 3 aliphatic rings. The molecule has 1 aromatic rings. The summed E-state index contributed by atoms with van der Waals surface area (Å²) in [6, 6.07) is 3.81. The van der Waals surface area contributed by atoms with E-state index in [9.17, 15) is 4.79 Å². The van der Waals surface area contributed by atoms with Gasteiger partial charge < -0.3 is 19.7 Å². The third-order valence-electron chi connectivity index (χ3n) is 4.41. The predicted octanol–water partition coefficient (Wildman–Crippen LogP) is 1.02. The second kappa shape index (κ2) is 4.66. The third-order valence-corrected chi connectivity index (χ3v) is 4.41. The second-order valence-corrected chi connectivity index (χ2v) is 5.72. The van der Waals surface area contributed by atoms with Crippen LogP contribution in [0.2, 0.25) is 0 Å². The predicted molar refractivity (Wildman–Crippen MR) is 73.1 cm³/mol. The molecule has 0 aromatic heterocycles. The van der Waals surface area contributed by atoms with Crippen LogP contribution in [0.5, 0.6) is 11.5 Å². The summed E-state index contributed by atoms with van der Waals surface area (Å²) in [4.78, 5) is 14.6. The van der Waals surface area contributed by atoms with Crippen LogP contribution in [-0.2, 0) is 6.42 Å². The standard InChI is InChI=1S/C15H18N2O3/c18-15-12-6-14-13(19-9-20-14)5-11(12)2-4-17(15)8-10-1-3-16-7-10/h5-6,10,16H,1-4,7-9H2. The fraction of sp³-hybridized carbons (Fsp3) is 0.533. The minimum atomic E-state index is 0.136. The average molecular weight is 274 g/mol. The number of carbonyl (C=O) groups is 1. The maximum absolute atomic E-state index is 12.6. The SMILES string of the molecule is O=C1c2cc3c(cc2CCN1CC1CCNC1)OCO3. The van der Waals surface area contributed by atoms with Crippen molar-refractivity contribution in [2.45, 2.75) is 12.8 Å². The maximum atomic E-state index is 12.6. The van der Waals surface area contributed by atoms with Gasteiger partial charge in [-0.15, -0.1) is 0 Å². The van der Waals surface area contributed by atoms with Gasteiger partial charge in [-0.05, 0) is 49.5 Å². The Morgan fingerprint density at radius 2 is 2.15 bits per heavy atom. The Kier molecular flexibility index (Phi) is 2.80. The quantitative estimate of drug-likeness (QED) is 0.875. The summed E-state index contributed by atoms with van der Waals surface area (Å²) >= 11 is 0. The summed E-state index contributed by atoms with van der Waals surface area (Å²) in [5.41, 5.74) is 1.87. The molecule has 1 saturated heterocycles. The van der Waals surface area contributed by atoms with Crippen molar-refractivity contribution in [3.05, 3.63) is 23.3 Å². The fourth-order valence-electron chi connectivity index (χ4n) is 3.27. The van der Waals surface area contributed by atoms with Crippen molar-refractivity contribution in [3.63, 3.8) is 0 Å². The molecule has 1 amide bonds. The first-order chi connectivity index (χ1) is 9.81. The monoisotopic (exact) mass is 274 g/mol.